The fourth-order valence-electron chi connectivity index (χ4n) is 3.48. The Morgan fingerprint density at radius 3 is 2.81 bits per heavy atom. The molecule has 0 aliphatic carbocycles. The molecule has 0 spiro atoms. The lowest BCUT2D eigenvalue weighted by Gasteiger charge is -2.35. The lowest BCUT2D eigenvalue weighted by molar-refractivity contribution is -0.137. The van der Waals surface area contributed by atoms with Gasteiger partial charge in [-0.25, -0.2) is 0 Å². The number of alkyl halides is 3. The van der Waals surface area contributed by atoms with Crippen molar-refractivity contribution in [2.45, 2.75) is 32.9 Å². The highest BCUT2D eigenvalue weighted by atomic mass is 19.4. The summed E-state index contributed by atoms with van der Waals surface area (Å²) in [5, 5.41) is 3.70. The molecule has 1 aromatic carbocycles. The quantitative estimate of drug-likeness (QED) is 0.864. The molecule has 3 rings (SSSR count). The third kappa shape index (κ3) is 4.51. The number of anilines is 1. The molecule has 1 aliphatic heterocycles. The molecule has 27 heavy (non-hydrogen) atoms. The van der Waals surface area contributed by atoms with Gasteiger partial charge >= 0.3 is 6.18 Å². The number of nitrogens with one attached hydrogen (secondary N) is 1. The number of carbonyl (C=O) groups is 1. The molecule has 146 valence electrons. The summed E-state index contributed by atoms with van der Waals surface area (Å²) in [7, 11) is 0. The number of hydrogen-bond donors (Lipinski definition) is 1. The Balaban J connectivity index is 1.79. The summed E-state index contributed by atoms with van der Waals surface area (Å²) < 4.78 is 38.9. The number of rotatable bonds is 4. The number of pyridine rings is 1. The van der Waals surface area contributed by atoms with Gasteiger partial charge in [-0.05, 0) is 37.0 Å². The molecule has 1 N–H and O–H groups in total. The summed E-state index contributed by atoms with van der Waals surface area (Å²) >= 11 is 0. The molecule has 1 amide bonds. The van der Waals surface area contributed by atoms with Gasteiger partial charge in [-0.15, -0.1) is 0 Å². The highest BCUT2D eigenvalue weighted by Gasteiger charge is 2.31. The molecule has 7 heteroatoms. The van der Waals surface area contributed by atoms with Crippen LogP contribution in [0.3, 0.4) is 0 Å². The first-order valence-electron chi connectivity index (χ1n) is 9.24. The highest BCUT2D eigenvalue weighted by molar-refractivity contribution is 5.92. The van der Waals surface area contributed by atoms with Gasteiger partial charge < -0.3 is 10.2 Å². The van der Waals surface area contributed by atoms with Crippen molar-refractivity contribution in [3.63, 3.8) is 0 Å². The maximum Gasteiger partial charge on any atom is 0.416 e. The van der Waals surface area contributed by atoms with E-state index in [0.717, 1.165) is 49.1 Å². The van der Waals surface area contributed by atoms with Crippen molar-refractivity contribution in [1.82, 2.24) is 10.3 Å². The molecule has 1 fully saturated rings. The lowest BCUT2D eigenvalue weighted by Crippen LogP contribution is -2.41. The van der Waals surface area contributed by atoms with Crippen molar-refractivity contribution >= 4 is 22.5 Å². The summed E-state index contributed by atoms with van der Waals surface area (Å²) in [5.41, 5.74) is 0.554. The van der Waals surface area contributed by atoms with Crippen molar-refractivity contribution in [2.24, 2.45) is 11.8 Å². The fourth-order valence-corrected chi connectivity index (χ4v) is 3.48. The minimum Gasteiger partial charge on any atom is -0.371 e. The minimum atomic E-state index is -4.38. The molecular formula is C20H24F3N3O. The summed E-state index contributed by atoms with van der Waals surface area (Å²) in [4.78, 5) is 18.1. The maximum atomic E-state index is 13.0. The van der Waals surface area contributed by atoms with Crippen LogP contribution < -0.4 is 10.2 Å². The Morgan fingerprint density at radius 1 is 1.33 bits per heavy atom. The Bertz CT molecular complexity index is 820. The number of piperidine rings is 1. The van der Waals surface area contributed by atoms with E-state index in [2.05, 4.69) is 15.2 Å². The number of amides is 1. The zero-order valence-corrected chi connectivity index (χ0v) is 15.5. The number of nitrogens with zero attached hydrogens (tertiary/aromatic N) is 2. The van der Waals surface area contributed by atoms with Gasteiger partial charge in [0, 0.05) is 42.8 Å². The number of aromatic nitrogens is 1. The van der Waals surface area contributed by atoms with E-state index in [9.17, 15) is 18.0 Å². The number of benzene rings is 1. The molecule has 0 saturated carbocycles. The first-order chi connectivity index (χ1) is 12.8. The second-order valence-corrected chi connectivity index (χ2v) is 7.41. The van der Waals surface area contributed by atoms with E-state index in [1.807, 2.05) is 19.9 Å². The van der Waals surface area contributed by atoms with Gasteiger partial charge in [0.05, 0.1) is 11.1 Å². The standard InChI is InChI=1S/C20H24F3N3O/c1-13(2)19(27)25-11-14-4-3-9-26(12-14)18-7-8-24-17-10-15(20(21,22)23)5-6-16(17)18/h5-8,10,13-14H,3-4,9,11-12H2,1-2H3,(H,25,27). The van der Waals surface area contributed by atoms with Gasteiger partial charge in [0.25, 0.3) is 0 Å². The van der Waals surface area contributed by atoms with Gasteiger partial charge in [-0.3, -0.25) is 9.78 Å². The molecular weight excluding hydrogens is 355 g/mol. The number of halogens is 3. The Morgan fingerprint density at radius 2 is 2.11 bits per heavy atom. The summed E-state index contributed by atoms with van der Waals surface area (Å²) in [6.45, 7) is 5.95. The molecule has 1 atom stereocenters. The van der Waals surface area contributed by atoms with Gasteiger partial charge in [0.15, 0.2) is 0 Å². The molecule has 1 aromatic heterocycles. The zero-order chi connectivity index (χ0) is 19.6. The molecule has 0 bridgehead atoms. The Hall–Kier alpha value is -2.31. The fraction of sp³-hybridized carbons (Fsp3) is 0.500. The average Bonchev–Trinajstić information content (AvgIpc) is 2.64. The largest absolute Gasteiger partial charge is 0.416 e. The smallest absolute Gasteiger partial charge is 0.371 e. The van der Waals surface area contributed by atoms with Crippen LogP contribution in [-0.4, -0.2) is 30.5 Å². The van der Waals surface area contributed by atoms with Crippen molar-refractivity contribution < 1.29 is 18.0 Å². The topological polar surface area (TPSA) is 45.2 Å². The lowest BCUT2D eigenvalue weighted by atomic mass is 9.96. The third-order valence-corrected chi connectivity index (χ3v) is 5.00. The van der Waals surface area contributed by atoms with E-state index in [1.165, 1.54) is 6.07 Å². The van der Waals surface area contributed by atoms with Crippen LogP contribution >= 0.6 is 0 Å². The van der Waals surface area contributed by atoms with Crippen molar-refractivity contribution in [3.05, 3.63) is 36.0 Å². The van der Waals surface area contributed by atoms with Crippen LogP contribution in [0.15, 0.2) is 30.5 Å². The monoisotopic (exact) mass is 379 g/mol. The van der Waals surface area contributed by atoms with Crippen LogP contribution in [0.2, 0.25) is 0 Å². The first-order valence-corrected chi connectivity index (χ1v) is 9.24. The van der Waals surface area contributed by atoms with Gasteiger partial charge in [0.2, 0.25) is 5.91 Å². The Kier molecular flexibility index (Phi) is 5.58. The maximum absolute atomic E-state index is 13.0. The van der Waals surface area contributed by atoms with E-state index >= 15 is 0 Å². The summed E-state index contributed by atoms with van der Waals surface area (Å²) in [6.07, 6.45) is -0.818. The predicted molar refractivity (Wildman–Crippen MR) is 99.5 cm³/mol. The van der Waals surface area contributed by atoms with Crippen LogP contribution in [0.4, 0.5) is 18.9 Å². The average molecular weight is 379 g/mol. The van der Waals surface area contributed by atoms with Crippen LogP contribution in [0.5, 0.6) is 0 Å². The van der Waals surface area contributed by atoms with Crippen molar-refractivity contribution in [1.29, 1.82) is 0 Å². The van der Waals surface area contributed by atoms with Crippen LogP contribution in [0.1, 0.15) is 32.3 Å². The van der Waals surface area contributed by atoms with E-state index in [4.69, 9.17) is 0 Å². The van der Waals surface area contributed by atoms with Gasteiger partial charge in [0.1, 0.15) is 0 Å². The summed E-state index contributed by atoms with van der Waals surface area (Å²) in [5.74, 6) is 0.317. The number of hydrogen-bond acceptors (Lipinski definition) is 3. The normalized spacial score (nSPS) is 18.1. The first kappa shape index (κ1) is 19.5. The number of carbonyl (C=O) groups excluding carboxylic acids is 1. The number of fused-ring (bicyclic) bond motifs is 1. The molecule has 0 radical (unpaired) electrons. The van der Waals surface area contributed by atoms with Crippen LogP contribution in [0.25, 0.3) is 10.9 Å². The van der Waals surface area contributed by atoms with E-state index in [1.54, 1.807) is 6.20 Å². The highest BCUT2D eigenvalue weighted by Crippen LogP contribution is 2.34. The second kappa shape index (κ2) is 7.74. The zero-order valence-electron chi connectivity index (χ0n) is 15.5. The molecule has 2 heterocycles. The predicted octanol–water partition coefficient (Wildman–Crippen LogP) is 4.24. The molecule has 1 unspecified atom stereocenters. The second-order valence-electron chi connectivity index (χ2n) is 7.41. The van der Waals surface area contributed by atoms with E-state index in [0.29, 0.717) is 18.0 Å². The van der Waals surface area contributed by atoms with Crippen LogP contribution in [-0.2, 0) is 11.0 Å². The SMILES string of the molecule is CC(C)C(=O)NCC1CCCN(c2ccnc3cc(C(F)(F)F)ccc23)C1. The van der Waals surface area contributed by atoms with E-state index in [-0.39, 0.29) is 11.8 Å². The summed E-state index contributed by atoms with van der Waals surface area (Å²) in [6, 6.07) is 5.57. The van der Waals surface area contributed by atoms with Crippen molar-refractivity contribution in [2.75, 3.05) is 24.5 Å². The molecule has 1 saturated heterocycles. The van der Waals surface area contributed by atoms with Crippen LogP contribution in [0, 0.1) is 11.8 Å². The molecule has 4 nitrogen and oxygen atoms in total. The third-order valence-electron chi connectivity index (χ3n) is 5.00. The molecule has 2 aromatic rings. The Labute approximate surface area is 156 Å². The van der Waals surface area contributed by atoms with Gasteiger partial charge in [-0.1, -0.05) is 19.9 Å². The minimum absolute atomic E-state index is 0.0427. The molecule has 1 aliphatic rings. The van der Waals surface area contributed by atoms with E-state index < -0.39 is 11.7 Å². The van der Waals surface area contributed by atoms with Crippen molar-refractivity contribution in [3.8, 4) is 0 Å². The van der Waals surface area contributed by atoms with Gasteiger partial charge in [-0.2, -0.15) is 13.2 Å².